The predicted molar refractivity (Wildman–Crippen MR) is 133 cm³/mol. The number of nitrogens with one attached hydrogen (secondary N) is 2. The number of hydrogen-bond acceptors (Lipinski definition) is 6. The van der Waals surface area contributed by atoms with Crippen molar-refractivity contribution in [3.05, 3.63) is 48.0 Å². The molecule has 0 radical (unpaired) electrons. The van der Waals surface area contributed by atoms with Gasteiger partial charge in [0.25, 0.3) is 10.0 Å². The minimum absolute atomic E-state index is 0.0113. The summed E-state index contributed by atoms with van der Waals surface area (Å²) in [7, 11) is -7.16. The molecule has 9 heteroatoms. The van der Waals surface area contributed by atoms with Crippen LogP contribution in [0.3, 0.4) is 0 Å². The third-order valence-electron chi connectivity index (χ3n) is 5.67. The van der Waals surface area contributed by atoms with Gasteiger partial charge in [-0.1, -0.05) is 32.9 Å². The monoisotopic (exact) mass is 493 g/mol. The number of aryl methyl sites for hydroxylation is 1. The van der Waals surface area contributed by atoms with E-state index in [0.29, 0.717) is 18.0 Å². The maximum absolute atomic E-state index is 13.7. The molecule has 1 heterocycles. The summed E-state index contributed by atoms with van der Waals surface area (Å²) in [6.07, 6.45) is 3.72. The van der Waals surface area contributed by atoms with E-state index in [0.717, 1.165) is 37.9 Å². The highest BCUT2D eigenvalue weighted by Gasteiger charge is 2.28. The van der Waals surface area contributed by atoms with Gasteiger partial charge in [-0.15, -0.1) is 0 Å². The molecule has 1 unspecified atom stereocenters. The molecule has 3 rings (SSSR count). The van der Waals surface area contributed by atoms with Crippen molar-refractivity contribution >= 4 is 25.4 Å². The molecule has 0 bridgehead atoms. The van der Waals surface area contributed by atoms with Gasteiger partial charge in [0.2, 0.25) is 0 Å². The standard InChI is InChI=1S/C24H35N3O4S2/c1-5-19-6-8-20(9-7-19)27(17-18(2)3)33(29,30)22-10-11-23(24(16-22)32(4,25)28)31-21-12-14-26-15-13-21/h6-11,16,18,21,25-26H,5,12-15,17H2,1-4H3. The van der Waals surface area contributed by atoms with Crippen LogP contribution in [0, 0.1) is 10.7 Å². The Balaban J connectivity index is 2.03. The Morgan fingerprint density at radius 3 is 2.27 bits per heavy atom. The molecule has 0 spiro atoms. The van der Waals surface area contributed by atoms with Crippen molar-refractivity contribution in [3.8, 4) is 5.75 Å². The van der Waals surface area contributed by atoms with E-state index < -0.39 is 19.8 Å². The fraction of sp³-hybridized carbons (Fsp3) is 0.500. The van der Waals surface area contributed by atoms with E-state index in [4.69, 9.17) is 9.52 Å². The first-order valence-electron chi connectivity index (χ1n) is 11.4. The molecule has 2 aromatic carbocycles. The van der Waals surface area contributed by atoms with Crippen molar-refractivity contribution in [1.82, 2.24) is 5.32 Å². The highest BCUT2D eigenvalue weighted by Crippen LogP contribution is 2.32. The molecule has 1 saturated heterocycles. The fourth-order valence-electron chi connectivity index (χ4n) is 3.84. The van der Waals surface area contributed by atoms with E-state index in [9.17, 15) is 12.6 Å². The summed E-state index contributed by atoms with van der Waals surface area (Å²) in [5, 5.41) is 3.27. The molecule has 1 aliphatic heterocycles. The van der Waals surface area contributed by atoms with Crippen LogP contribution in [0.5, 0.6) is 5.75 Å². The van der Waals surface area contributed by atoms with Crippen molar-refractivity contribution in [2.24, 2.45) is 5.92 Å². The number of nitrogens with zero attached hydrogens (tertiary/aromatic N) is 1. The Labute approximate surface area is 198 Å². The van der Waals surface area contributed by atoms with Gasteiger partial charge < -0.3 is 10.1 Å². The average molecular weight is 494 g/mol. The zero-order chi connectivity index (χ0) is 24.2. The van der Waals surface area contributed by atoms with Gasteiger partial charge in [-0.05, 0) is 74.2 Å². The van der Waals surface area contributed by atoms with Gasteiger partial charge in [0, 0.05) is 12.8 Å². The maximum atomic E-state index is 13.7. The molecule has 1 fully saturated rings. The van der Waals surface area contributed by atoms with Crippen LogP contribution in [-0.4, -0.2) is 44.6 Å². The van der Waals surface area contributed by atoms with Gasteiger partial charge in [0.05, 0.1) is 25.2 Å². The molecule has 0 amide bonds. The summed E-state index contributed by atoms with van der Waals surface area (Å²) in [5.74, 6) is 0.422. The van der Waals surface area contributed by atoms with Gasteiger partial charge in [0.15, 0.2) is 0 Å². The lowest BCUT2D eigenvalue weighted by atomic mass is 10.1. The summed E-state index contributed by atoms with van der Waals surface area (Å²) in [4.78, 5) is 0.130. The number of rotatable bonds is 9. The van der Waals surface area contributed by atoms with Gasteiger partial charge >= 0.3 is 0 Å². The highest BCUT2D eigenvalue weighted by atomic mass is 32.2. The lowest BCUT2D eigenvalue weighted by Gasteiger charge is -2.28. The largest absolute Gasteiger partial charge is 0.489 e. The van der Waals surface area contributed by atoms with E-state index >= 15 is 0 Å². The van der Waals surface area contributed by atoms with Crippen molar-refractivity contribution in [2.45, 2.75) is 55.9 Å². The maximum Gasteiger partial charge on any atom is 0.264 e. The van der Waals surface area contributed by atoms with Crippen LogP contribution in [0.1, 0.15) is 39.2 Å². The van der Waals surface area contributed by atoms with E-state index in [-0.39, 0.29) is 21.8 Å². The molecule has 0 aromatic heterocycles. The van der Waals surface area contributed by atoms with Crippen molar-refractivity contribution in [3.63, 3.8) is 0 Å². The lowest BCUT2D eigenvalue weighted by molar-refractivity contribution is 0.158. The van der Waals surface area contributed by atoms with E-state index in [1.54, 1.807) is 6.07 Å². The summed E-state index contributed by atoms with van der Waals surface area (Å²) in [6.45, 7) is 7.94. The molecular formula is C24H35N3O4S2. The fourth-order valence-corrected chi connectivity index (χ4v) is 6.42. The second-order valence-electron chi connectivity index (χ2n) is 8.97. The van der Waals surface area contributed by atoms with Crippen LogP contribution in [0.15, 0.2) is 52.3 Å². The second-order valence-corrected chi connectivity index (χ2v) is 13.0. The van der Waals surface area contributed by atoms with Crippen LogP contribution >= 0.6 is 0 Å². The van der Waals surface area contributed by atoms with E-state index in [1.165, 1.54) is 22.7 Å². The molecular weight excluding hydrogens is 458 g/mol. The van der Waals surface area contributed by atoms with Gasteiger partial charge in [0.1, 0.15) is 11.9 Å². The Morgan fingerprint density at radius 2 is 1.73 bits per heavy atom. The molecule has 2 N–H and O–H groups in total. The first-order valence-corrected chi connectivity index (χ1v) is 14.8. The summed E-state index contributed by atoms with van der Waals surface area (Å²) in [5.41, 5.74) is 1.71. The Bertz CT molecular complexity index is 1150. The quantitative estimate of drug-likeness (QED) is 0.544. The topological polar surface area (TPSA) is 99.6 Å². The van der Waals surface area contributed by atoms with E-state index in [1.807, 2.05) is 38.1 Å². The van der Waals surface area contributed by atoms with Gasteiger partial charge in [-0.25, -0.2) is 17.4 Å². The van der Waals surface area contributed by atoms with Crippen LogP contribution < -0.4 is 14.4 Å². The molecule has 2 aromatic rings. The molecule has 33 heavy (non-hydrogen) atoms. The van der Waals surface area contributed by atoms with Crippen molar-refractivity contribution < 1.29 is 17.4 Å². The zero-order valence-corrected chi connectivity index (χ0v) is 21.5. The van der Waals surface area contributed by atoms with Crippen molar-refractivity contribution in [2.75, 3.05) is 30.2 Å². The normalized spacial score (nSPS) is 17.0. The molecule has 1 aliphatic rings. The van der Waals surface area contributed by atoms with Crippen LogP contribution in [0.2, 0.25) is 0 Å². The molecule has 7 nitrogen and oxygen atoms in total. The predicted octanol–water partition coefficient (Wildman–Crippen LogP) is 4.27. The zero-order valence-electron chi connectivity index (χ0n) is 19.8. The SMILES string of the molecule is CCc1ccc(N(CC(C)C)S(=O)(=O)c2ccc(OC3CCNCC3)c(S(C)(=N)=O)c2)cc1. The number of hydrogen-bond donors (Lipinski definition) is 2. The minimum atomic E-state index is -3.94. The lowest BCUT2D eigenvalue weighted by Crippen LogP contribution is -2.35. The first kappa shape index (κ1) is 25.5. The Kier molecular flexibility index (Phi) is 8.08. The first-order chi connectivity index (χ1) is 15.5. The molecule has 1 atom stereocenters. The number of sulfonamides is 1. The van der Waals surface area contributed by atoms with Crippen LogP contribution in [0.25, 0.3) is 0 Å². The number of ether oxygens (including phenoxy) is 1. The second kappa shape index (κ2) is 10.4. The van der Waals surface area contributed by atoms with Crippen LogP contribution in [-0.2, 0) is 26.2 Å². The molecule has 0 aliphatic carbocycles. The minimum Gasteiger partial charge on any atom is -0.489 e. The van der Waals surface area contributed by atoms with Gasteiger partial charge in [-0.3, -0.25) is 4.31 Å². The summed E-state index contributed by atoms with van der Waals surface area (Å²) in [6, 6.07) is 11.9. The smallest absolute Gasteiger partial charge is 0.264 e. The Morgan fingerprint density at radius 1 is 1.09 bits per heavy atom. The third-order valence-corrected chi connectivity index (χ3v) is 8.61. The molecule has 182 valence electrons. The summed E-state index contributed by atoms with van der Waals surface area (Å²) < 4.78 is 55.9. The Hall–Kier alpha value is -2.10. The third kappa shape index (κ3) is 6.28. The van der Waals surface area contributed by atoms with Crippen LogP contribution in [0.4, 0.5) is 5.69 Å². The molecule has 0 saturated carbocycles. The number of piperidine rings is 1. The van der Waals surface area contributed by atoms with Crippen molar-refractivity contribution in [1.29, 1.82) is 4.78 Å². The van der Waals surface area contributed by atoms with E-state index in [2.05, 4.69) is 12.2 Å². The highest BCUT2D eigenvalue weighted by molar-refractivity contribution is 7.93. The van der Waals surface area contributed by atoms with Gasteiger partial charge in [-0.2, -0.15) is 0 Å². The number of anilines is 1. The number of benzene rings is 2. The summed E-state index contributed by atoms with van der Waals surface area (Å²) >= 11 is 0. The average Bonchev–Trinajstić information content (AvgIpc) is 2.77.